The fourth-order valence-corrected chi connectivity index (χ4v) is 3.47. The smallest absolute Gasteiger partial charge is 0.420 e. The highest BCUT2D eigenvalue weighted by molar-refractivity contribution is 6.19. The van der Waals surface area contributed by atoms with Crippen LogP contribution >= 0.6 is 0 Å². The van der Waals surface area contributed by atoms with E-state index >= 15 is 0 Å². The molecule has 1 aliphatic heterocycles. The summed E-state index contributed by atoms with van der Waals surface area (Å²) in [6, 6.07) is 3.14. The van der Waals surface area contributed by atoms with Gasteiger partial charge < -0.3 is 19.6 Å². The summed E-state index contributed by atoms with van der Waals surface area (Å²) in [6.07, 6.45) is 1.66. The van der Waals surface area contributed by atoms with Crippen LogP contribution < -0.4 is 14.5 Å². The fourth-order valence-electron chi connectivity index (χ4n) is 3.47. The monoisotopic (exact) mass is 440 g/mol. The summed E-state index contributed by atoms with van der Waals surface area (Å²) in [4.78, 5) is 38.6. The molecular weight excluding hydrogens is 416 g/mol. The van der Waals surface area contributed by atoms with E-state index in [9.17, 15) is 14.7 Å². The Morgan fingerprint density at radius 1 is 1.12 bits per heavy atom. The molecule has 4 rings (SSSR count). The molecule has 2 amide bonds. The quantitative estimate of drug-likeness (QED) is 0.620. The van der Waals surface area contributed by atoms with Gasteiger partial charge in [-0.05, 0) is 33.0 Å². The van der Waals surface area contributed by atoms with Gasteiger partial charge in [0.25, 0.3) is 5.91 Å². The molecule has 12 nitrogen and oxygen atoms in total. The molecule has 0 atom stereocenters. The van der Waals surface area contributed by atoms with Gasteiger partial charge in [-0.25, -0.2) is 9.78 Å². The number of imidazole rings is 1. The number of carboxylic acid groups (broad SMARTS) is 1. The number of likely N-dealkylation sites (N-methyl/N-ethyl adjacent to an activating group) is 1. The summed E-state index contributed by atoms with van der Waals surface area (Å²) in [7, 11) is 2.05. The lowest BCUT2D eigenvalue weighted by Crippen LogP contribution is -2.45. The lowest BCUT2D eigenvalue weighted by molar-refractivity contribution is 0.0977. The third-order valence-corrected chi connectivity index (χ3v) is 5.13. The minimum absolute atomic E-state index is 0.00358. The normalized spacial score (nSPS) is 14.5. The minimum atomic E-state index is -1.49. The Hall–Kier alpha value is -3.80. The maximum Gasteiger partial charge on any atom is 0.420 e. The molecule has 0 saturated carbocycles. The summed E-state index contributed by atoms with van der Waals surface area (Å²) in [5.41, 5.74) is 0.675. The van der Waals surface area contributed by atoms with Crippen LogP contribution in [0.1, 0.15) is 23.0 Å². The van der Waals surface area contributed by atoms with Crippen LogP contribution in [0.5, 0.6) is 5.88 Å². The number of anilines is 2. The summed E-state index contributed by atoms with van der Waals surface area (Å²) < 4.78 is 7.05. The van der Waals surface area contributed by atoms with Crippen LogP contribution in [0.15, 0.2) is 24.5 Å². The van der Waals surface area contributed by atoms with Gasteiger partial charge in [-0.2, -0.15) is 9.88 Å². The van der Waals surface area contributed by atoms with E-state index in [0.717, 1.165) is 26.2 Å². The molecule has 1 fully saturated rings. The summed E-state index contributed by atoms with van der Waals surface area (Å²) in [6.45, 7) is 7.15. The van der Waals surface area contributed by atoms with Gasteiger partial charge in [0.1, 0.15) is 5.56 Å². The number of carbonyl (C=O) groups is 2. The average molecular weight is 440 g/mol. The van der Waals surface area contributed by atoms with Crippen molar-refractivity contribution in [3.8, 4) is 5.88 Å². The molecule has 1 aliphatic rings. The molecule has 3 aromatic rings. The van der Waals surface area contributed by atoms with E-state index in [2.05, 4.69) is 37.0 Å². The van der Waals surface area contributed by atoms with Crippen LogP contribution in [0, 0.1) is 6.92 Å². The number of aromatic nitrogens is 5. The molecule has 12 heteroatoms. The van der Waals surface area contributed by atoms with Gasteiger partial charge in [0.05, 0.1) is 12.3 Å². The molecule has 0 bridgehead atoms. The molecule has 3 aromatic heterocycles. The third kappa shape index (κ3) is 4.17. The topological polar surface area (TPSA) is 129 Å². The standard InChI is InChI=1S/C20H24N8O4/c1-4-32-17-14(12-27-11-13(2)21-19(27)22-17)18(29)28(20(30)31)16-6-5-15(23-24-16)26-9-7-25(3)8-10-26/h5-6,11-12H,4,7-10H2,1-3H3,(H,30,31). The molecular formula is C20H24N8O4. The van der Waals surface area contributed by atoms with Gasteiger partial charge in [0.15, 0.2) is 11.6 Å². The maximum absolute atomic E-state index is 13.3. The Balaban J connectivity index is 1.66. The second-order valence-electron chi connectivity index (χ2n) is 7.45. The van der Waals surface area contributed by atoms with E-state index in [1.165, 1.54) is 12.3 Å². The minimum Gasteiger partial charge on any atom is -0.477 e. The first kappa shape index (κ1) is 21.4. The first-order valence-corrected chi connectivity index (χ1v) is 10.2. The van der Waals surface area contributed by atoms with Gasteiger partial charge in [0.2, 0.25) is 11.7 Å². The zero-order valence-electron chi connectivity index (χ0n) is 18.1. The van der Waals surface area contributed by atoms with E-state index in [1.807, 2.05) is 0 Å². The highest BCUT2D eigenvalue weighted by atomic mass is 16.5. The summed E-state index contributed by atoms with van der Waals surface area (Å²) in [5, 5.41) is 18.0. The van der Waals surface area contributed by atoms with Crippen molar-refractivity contribution in [2.24, 2.45) is 0 Å². The molecule has 4 heterocycles. The number of aryl methyl sites for hydroxylation is 1. The summed E-state index contributed by atoms with van der Waals surface area (Å²) >= 11 is 0. The van der Waals surface area contributed by atoms with Crippen LogP contribution in [0.2, 0.25) is 0 Å². The van der Waals surface area contributed by atoms with Gasteiger partial charge in [0, 0.05) is 38.6 Å². The fraction of sp³-hybridized carbons (Fsp3) is 0.400. The molecule has 0 unspecified atom stereocenters. The number of ether oxygens (including phenoxy) is 1. The third-order valence-electron chi connectivity index (χ3n) is 5.13. The second-order valence-corrected chi connectivity index (χ2v) is 7.45. The predicted molar refractivity (Wildman–Crippen MR) is 115 cm³/mol. The first-order valence-electron chi connectivity index (χ1n) is 10.2. The predicted octanol–water partition coefficient (Wildman–Crippen LogP) is 1.30. The molecule has 1 N–H and O–H groups in total. The van der Waals surface area contributed by atoms with Crippen LogP contribution in [-0.2, 0) is 0 Å². The summed E-state index contributed by atoms with van der Waals surface area (Å²) in [5.74, 6) is 0.0317. The van der Waals surface area contributed by atoms with E-state index in [1.54, 1.807) is 30.5 Å². The first-order chi connectivity index (χ1) is 15.4. The number of fused-ring (bicyclic) bond motifs is 1. The second kappa shape index (κ2) is 8.75. The van der Waals surface area contributed by atoms with Crippen molar-refractivity contribution in [1.82, 2.24) is 29.5 Å². The number of nitrogens with zero attached hydrogens (tertiary/aromatic N) is 8. The number of piperazine rings is 1. The zero-order chi connectivity index (χ0) is 22.8. The Morgan fingerprint density at radius 3 is 2.50 bits per heavy atom. The molecule has 168 valence electrons. The molecule has 0 spiro atoms. The highest BCUT2D eigenvalue weighted by Crippen LogP contribution is 2.23. The van der Waals surface area contributed by atoms with E-state index in [4.69, 9.17) is 4.74 Å². The van der Waals surface area contributed by atoms with Crippen LogP contribution in [-0.4, -0.2) is 86.4 Å². The SMILES string of the molecule is CCOc1nc2nc(C)cn2cc1C(=O)N(C(=O)O)c1ccc(N2CCN(C)CC2)nn1. The molecule has 0 aromatic carbocycles. The van der Waals surface area contributed by atoms with E-state index in [-0.39, 0.29) is 23.9 Å². The number of amides is 2. The van der Waals surface area contributed by atoms with Gasteiger partial charge in [-0.1, -0.05) is 0 Å². The number of hydrogen-bond donors (Lipinski definition) is 1. The Kier molecular flexibility index (Phi) is 5.86. The highest BCUT2D eigenvalue weighted by Gasteiger charge is 2.30. The van der Waals surface area contributed by atoms with Gasteiger partial charge in [-0.15, -0.1) is 10.2 Å². The van der Waals surface area contributed by atoms with Gasteiger partial charge >= 0.3 is 6.09 Å². The van der Waals surface area contributed by atoms with Crippen LogP contribution in [0.4, 0.5) is 16.4 Å². The Bertz CT molecular complexity index is 1140. The molecule has 0 radical (unpaired) electrons. The lowest BCUT2D eigenvalue weighted by Gasteiger charge is -2.32. The van der Waals surface area contributed by atoms with E-state index < -0.39 is 12.0 Å². The van der Waals surface area contributed by atoms with Crippen molar-refractivity contribution in [2.45, 2.75) is 13.8 Å². The number of imide groups is 1. The van der Waals surface area contributed by atoms with Crippen molar-refractivity contribution in [1.29, 1.82) is 0 Å². The van der Waals surface area contributed by atoms with Crippen molar-refractivity contribution >= 4 is 29.4 Å². The van der Waals surface area contributed by atoms with E-state index in [0.29, 0.717) is 22.2 Å². The van der Waals surface area contributed by atoms with Gasteiger partial charge in [-0.3, -0.25) is 9.20 Å². The van der Waals surface area contributed by atoms with Crippen molar-refractivity contribution in [3.63, 3.8) is 0 Å². The zero-order valence-corrected chi connectivity index (χ0v) is 18.1. The molecule has 0 aliphatic carbocycles. The van der Waals surface area contributed by atoms with Crippen molar-refractivity contribution in [2.75, 3.05) is 49.6 Å². The number of rotatable bonds is 5. The lowest BCUT2D eigenvalue weighted by atomic mass is 10.2. The number of hydrogen-bond acceptors (Lipinski definition) is 9. The number of carbonyl (C=O) groups excluding carboxylic acids is 1. The largest absolute Gasteiger partial charge is 0.477 e. The Morgan fingerprint density at radius 2 is 1.88 bits per heavy atom. The van der Waals surface area contributed by atoms with Crippen LogP contribution in [0.3, 0.4) is 0 Å². The van der Waals surface area contributed by atoms with Crippen LogP contribution in [0.25, 0.3) is 5.78 Å². The maximum atomic E-state index is 13.3. The average Bonchev–Trinajstić information content (AvgIpc) is 3.13. The molecule has 1 saturated heterocycles. The Labute approximate surface area is 184 Å². The molecule has 32 heavy (non-hydrogen) atoms. The van der Waals surface area contributed by atoms with Crippen molar-refractivity contribution < 1.29 is 19.4 Å². The van der Waals surface area contributed by atoms with Crippen molar-refractivity contribution in [3.05, 3.63) is 35.8 Å².